The number of benzene rings is 1. The summed E-state index contributed by atoms with van der Waals surface area (Å²) in [6.07, 6.45) is 1.12. The predicted molar refractivity (Wildman–Crippen MR) is 77.4 cm³/mol. The molecule has 1 aliphatic rings. The Morgan fingerprint density at radius 1 is 1.40 bits per heavy atom. The van der Waals surface area contributed by atoms with Crippen LogP contribution in [0.15, 0.2) is 24.3 Å². The summed E-state index contributed by atoms with van der Waals surface area (Å²) >= 11 is 0. The van der Waals surface area contributed by atoms with E-state index in [1.165, 1.54) is 12.1 Å². The van der Waals surface area contributed by atoms with E-state index < -0.39 is 5.41 Å². The quantitative estimate of drug-likeness (QED) is 0.883. The average molecular weight is 303 g/mol. The molecule has 0 bridgehead atoms. The number of halogens is 2. The second-order valence-electron chi connectivity index (χ2n) is 4.75. The Bertz CT molecular complexity index is 451. The second-order valence-corrected chi connectivity index (χ2v) is 4.75. The van der Waals surface area contributed by atoms with Gasteiger partial charge in [-0.3, -0.25) is 4.79 Å². The number of carbonyl (C=O) groups excluding carboxylic acids is 1. The molecule has 0 spiro atoms. The van der Waals surface area contributed by atoms with E-state index in [0.717, 1.165) is 0 Å². The van der Waals surface area contributed by atoms with Crippen molar-refractivity contribution in [1.29, 1.82) is 0 Å². The zero-order valence-electron chi connectivity index (χ0n) is 11.2. The Morgan fingerprint density at radius 3 is 2.70 bits per heavy atom. The molecule has 1 fully saturated rings. The van der Waals surface area contributed by atoms with Crippen molar-refractivity contribution in [1.82, 2.24) is 5.32 Å². The SMILES string of the molecule is Cl.NCCNC(=O)C1(c2cccc(F)c2)CCOCC1. The number of nitrogens with one attached hydrogen (secondary N) is 1. The Kier molecular flexibility index (Phi) is 6.39. The van der Waals surface area contributed by atoms with Gasteiger partial charge in [-0.05, 0) is 30.5 Å². The van der Waals surface area contributed by atoms with Gasteiger partial charge < -0.3 is 15.8 Å². The van der Waals surface area contributed by atoms with Gasteiger partial charge in [0.25, 0.3) is 0 Å². The Labute approximate surface area is 124 Å². The Morgan fingerprint density at radius 2 is 2.10 bits per heavy atom. The number of hydrogen-bond donors (Lipinski definition) is 2. The minimum Gasteiger partial charge on any atom is -0.381 e. The monoisotopic (exact) mass is 302 g/mol. The summed E-state index contributed by atoms with van der Waals surface area (Å²) in [5, 5.41) is 2.82. The van der Waals surface area contributed by atoms with Gasteiger partial charge in [-0.15, -0.1) is 12.4 Å². The van der Waals surface area contributed by atoms with E-state index in [-0.39, 0.29) is 24.1 Å². The lowest BCUT2D eigenvalue weighted by Crippen LogP contribution is -2.49. The van der Waals surface area contributed by atoms with E-state index in [2.05, 4.69) is 5.32 Å². The topological polar surface area (TPSA) is 64.3 Å². The molecule has 2 rings (SSSR count). The smallest absolute Gasteiger partial charge is 0.230 e. The van der Waals surface area contributed by atoms with Gasteiger partial charge in [0.15, 0.2) is 0 Å². The molecule has 1 aromatic rings. The molecule has 1 aliphatic heterocycles. The van der Waals surface area contributed by atoms with Crippen LogP contribution in [0.4, 0.5) is 4.39 Å². The fourth-order valence-corrected chi connectivity index (χ4v) is 2.51. The van der Waals surface area contributed by atoms with Crippen molar-refractivity contribution in [2.24, 2.45) is 5.73 Å². The fraction of sp³-hybridized carbons (Fsp3) is 0.500. The van der Waals surface area contributed by atoms with Crippen LogP contribution in [0.2, 0.25) is 0 Å². The van der Waals surface area contributed by atoms with Gasteiger partial charge in [-0.1, -0.05) is 12.1 Å². The van der Waals surface area contributed by atoms with Gasteiger partial charge >= 0.3 is 0 Å². The molecule has 0 aromatic heterocycles. The van der Waals surface area contributed by atoms with Crippen LogP contribution in [0.5, 0.6) is 0 Å². The van der Waals surface area contributed by atoms with E-state index in [1.54, 1.807) is 12.1 Å². The maximum atomic E-state index is 13.4. The number of carbonyl (C=O) groups is 1. The first kappa shape index (κ1) is 16.9. The first-order chi connectivity index (χ1) is 9.19. The molecule has 3 N–H and O–H groups in total. The number of amides is 1. The zero-order chi connectivity index (χ0) is 13.7. The van der Waals surface area contributed by atoms with E-state index in [9.17, 15) is 9.18 Å². The summed E-state index contributed by atoms with van der Waals surface area (Å²) in [4.78, 5) is 12.4. The lowest BCUT2D eigenvalue weighted by atomic mass is 9.73. The van der Waals surface area contributed by atoms with Crippen LogP contribution in [0.3, 0.4) is 0 Å². The summed E-state index contributed by atoms with van der Waals surface area (Å²) in [6.45, 7) is 1.83. The van der Waals surface area contributed by atoms with Gasteiger partial charge in [0.2, 0.25) is 5.91 Å². The molecular formula is C14H20ClFN2O2. The molecule has 6 heteroatoms. The molecule has 0 unspecified atom stereocenters. The highest BCUT2D eigenvalue weighted by molar-refractivity contribution is 5.88. The van der Waals surface area contributed by atoms with Crippen molar-refractivity contribution in [2.45, 2.75) is 18.3 Å². The fourth-order valence-electron chi connectivity index (χ4n) is 2.51. The van der Waals surface area contributed by atoms with Crippen molar-refractivity contribution >= 4 is 18.3 Å². The van der Waals surface area contributed by atoms with Crippen molar-refractivity contribution in [3.8, 4) is 0 Å². The molecule has 1 saturated heterocycles. The van der Waals surface area contributed by atoms with Crippen molar-refractivity contribution in [3.63, 3.8) is 0 Å². The molecule has 20 heavy (non-hydrogen) atoms. The van der Waals surface area contributed by atoms with Gasteiger partial charge in [0.1, 0.15) is 5.82 Å². The summed E-state index contributed by atoms with van der Waals surface area (Å²) in [5.74, 6) is -0.415. The van der Waals surface area contributed by atoms with Gasteiger partial charge in [0, 0.05) is 26.3 Å². The highest BCUT2D eigenvalue weighted by Crippen LogP contribution is 2.35. The van der Waals surface area contributed by atoms with E-state index in [1.807, 2.05) is 0 Å². The summed E-state index contributed by atoms with van der Waals surface area (Å²) in [7, 11) is 0. The highest BCUT2D eigenvalue weighted by atomic mass is 35.5. The normalized spacial score (nSPS) is 17.1. The van der Waals surface area contributed by atoms with Crippen LogP contribution in [0.1, 0.15) is 18.4 Å². The molecule has 1 heterocycles. The zero-order valence-corrected chi connectivity index (χ0v) is 12.0. The Hall–Kier alpha value is -1.17. The molecule has 1 aromatic carbocycles. The molecule has 1 amide bonds. The lowest BCUT2D eigenvalue weighted by Gasteiger charge is -2.36. The predicted octanol–water partition coefficient (Wildman–Crippen LogP) is 1.37. The van der Waals surface area contributed by atoms with Gasteiger partial charge in [-0.25, -0.2) is 4.39 Å². The average Bonchev–Trinajstić information content (AvgIpc) is 2.45. The van der Waals surface area contributed by atoms with Crippen LogP contribution in [0.25, 0.3) is 0 Å². The van der Waals surface area contributed by atoms with Crippen LogP contribution in [-0.2, 0) is 14.9 Å². The minimum absolute atomic E-state index is 0. The molecule has 0 saturated carbocycles. The lowest BCUT2D eigenvalue weighted by molar-refractivity contribution is -0.130. The Balaban J connectivity index is 0.00000200. The molecule has 112 valence electrons. The third-order valence-electron chi connectivity index (χ3n) is 3.59. The van der Waals surface area contributed by atoms with Crippen molar-refractivity contribution < 1.29 is 13.9 Å². The van der Waals surface area contributed by atoms with Crippen LogP contribution < -0.4 is 11.1 Å². The van der Waals surface area contributed by atoms with Crippen LogP contribution in [-0.4, -0.2) is 32.2 Å². The number of rotatable bonds is 4. The summed E-state index contributed by atoms with van der Waals surface area (Å²) in [5.41, 5.74) is 5.43. The van der Waals surface area contributed by atoms with Gasteiger partial charge in [0.05, 0.1) is 5.41 Å². The molecule has 0 aliphatic carbocycles. The van der Waals surface area contributed by atoms with Gasteiger partial charge in [-0.2, -0.15) is 0 Å². The molecule has 4 nitrogen and oxygen atoms in total. The first-order valence-electron chi connectivity index (χ1n) is 6.51. The number of ether oxygens (including phenoxy) is 1. The third kappa shape index (κ3) is 3.48. The summed E-state index contributed by atoms with van der Waals surface area (Å²) < 4.78 is 18.8. The maximum Gasteiger partial charge on any atom is 0.230 e. The maximum absolute atomic E-state index is 13.4. The summed E-state index contributed by atoms with van der Waals surface area (Å²) in [6, 6.07) is 6.26. The third-order valence-corrected chi connectivity index (χ3v) is 3.59. The molecular weight excluding hydrogens is 283 g/mol. The van der Waals surface area contributed by atoms with Crippen molar-refractivity contribution in [2.75, 3.05) is 26.3 Å². The second kappa shape index (κ2) is 7.57. The van der Waals surface area contributed by atoms with Crippen LogP contribution >= 0.6 is 12.4 Å². The molecule has 0 radical (unpaired) electrons. The van der Waals surface area contributed by atoms with E-state index in [0.29, 0.717) is 44.7 Å². The van der Waals surface area contributed by atoms with Crippen LogP contribution in [0, 0.1) is 5.82 Å². The minimum atomic E-state index is -0.699. The van der Waals surface area contributed by atoms with E-state index >= 15 is 0 Å². The standard InChI is InChI=1S/C14H19FN2O2.ClH/c15-12-3-1-2-11(10-12)14(4-8-19-9-5-14)13(18)17-7-6-16;/h1-3,10H,4-9,16H2,(H,17,18);1H. The van der Waals surface area contributed by atoms with E-state index in [4.69, 9.17) is 10.5 Å². The first-order valence-corrected chi connectivity index (χ1v) is 6.51. The highest BCUT2D eigenvalue weighted by Gasteiger charge is 2.41. The number of hydrogen-bond acceptors (Lipinski definition) is 3. The number of nitrogens with two attached hydrogens (primary N) is 1. The molecule has 0 atom stereocenters. The largest absolute Gasteiger partial charge is 0.381 e. The van der Waals surface area contributed by atoms with Crippen molar-refractivity contribution in [3.05, 3.63) is 35.6 Å².